The third-order valence-corrected chi connectivity index (χ3v) is 5.30. The summed E-state index contributed by atoms with van der Waals surface area (Å²) in [5.41, 5.74) is 0. The van der Waals surface area contributed by atoms with E-state index in [0.29, 0.717) is 12.1 Å². The Hall–Kier alpha value is -0.610. The van der Waals surface area contributed by atoms with E-state index < -0.39 is 5.97 Å². The number of rotatable bonds is 2. The van der Waals surface area contributed by atoms with E-state index in [4.69, 9.17) is 5.11 Å². The Morgan fingerprint density at radius 1 is 1.17 bits per heavy atom. The Balaban J connectivity index is 1.64. The second kappa shape index (κ2) is 4.82. The van der Waals surface area contributed by atoms with Gasteiger partial charge in [0.15, 0.2) is 0 Å². The van der Waals surface area contributed by atoms with E-state index in [2.05, 4.69) is 16.7 Å². The minimum absolute atomic E-state index is 0.111. The first-order valence-corrected chi connectivity index (χ1v) is 7.36. The number of likely N-dealkylation sites (tertiary alicyclic amines) is 1. The average Bonchev–Trinajstić information content (AvgIpc) is 2.72. The molecule has 3 aliphatic heterocycles. The zero-order valence-corrected chi connectivity index (χ0v) is 11.2. The van der Waals surface area contributed by atoms with Gasteiger partial charge in [0.2, 0.25) is 0 Å². The smallest absolute Gasteiger partial charge is 0.306 e. The van der Waals surface area contributed by atoms with Gasteiger partial charge in [0, 0.05) is 18.6 Å². The molecule has 0 saturated carbocycles. The van der Waals surface area contributed by atoms with Crippen molar-refractivity contribution in [2.75, 3.05) is 26.2 Å². The molecular formula is C14H24N2O2. The largest absolute Gasteiger partial charge is 0.481 e. The third kappa shape index (κ3) is 2.16. The molecule has 0 spiro atoms. The van der Waals surface area contributed by atoms with Crippen LogP contribution in [0, 0.1) is 11.8 Å². The Bertz CT molecular complexity index is 334. The van der Waals surface area contributed by atoms with E-state index in [-0.39, 0.29) is 5.92 Å². The molecule has 4 nitrogen and oxygen atoms in total. The molecular weight excluding hydrogens is 228 g/mol. The minimum atomic E-state index is -0.600. The highest BCUT2D eigenvalue weighted by molar-refractivity contribution is 5.70. The summed E-state index contributed by atoms with van der Waals surface area (Å²) in [7, 11) is 0. The van der Waals surface area contributed by atoms with Crippen LogP contribution in [0.1, 0.15) is 32.6 Å². The first-order valence-electron chi connectivity index (χ1n) is 7.36. The van der Waals surface area contributed by atoms with Crippen molar-refractivity contribution in [3.63, 3.8) is 0 Å². The lowest BCUT2D eigenvalue weighted by atomic mass is 9.85. The lowest BCUT2D eigenvalue weighted by Crippen LogP contribution is -2.53. The summed E-state index contributed by atoms with van der Waals surface area (Å²) in [4.78, 5) is 16.3. The fraction of sp³-hybridized carbons (Fsp3) is 0.929. The van der Waals surface area contributed by atoms with Crippen molar-refractivity contribution >= 4 is 5.97 Å². The van der Waals surface area contributed by atoms with Gasteiger partial charge in [0.1, 0.15) is 0 Å². The molecule has 0 amide bonds. The van der Waals surface area contributed by atoms with Crippen LogP contribution in [0.4, 0.5) is 0 Å². The van der Waals surface area contributed by atoms with Crippen LogP contribution in [-0.4, -0.2) is 59.1 Å². The molecule has 0 aromatic carbocycles. The number of carbonyl (C=O) groups is 1. The van der Waals surface area contributed by atoms with Crippen LogP contribution in [0.25, 0.3) is 0 Å². The Kier molecular flexibility index (Phi) is 3.32. The van der Waals surface area contributed by atoms with Gasteiger partial charge in [-0.15, -0.1) is 0 Å². The normalized spacial score (nSPS) is 45.1. The molecule has 102 valence electrons. The fourth-order valence-electron chi connectivity index (χ4n) is 4.27. The highest BCUT2D eigenvalue weighted by atomic mass is 16.4. The molecule has 3 saturated heterocycles. The van der Waals surface area contributed by atoms with Crippen molar-refractivity contribution in [3.05, 3.63) is 0 Å². The predicted octanol–water partition coefficient (Wildman–Crippen LogP) is 1.27. The van der Waals surface area contributed by atoms with Crippen molar-refractivity contribution in [3.8, 4) is 0 Å². The van der Waals surface area contributed by atoms with Crippen molar-refractivity contribution in [2.45, 2.75) is 44.7 Å². The number of carboxylic acid groups (broad SMARTS) is 1. The summed E-state index contributed by atoms with van der Waals surface area (Å²) in [6.07, 6.45) is 4.30. The van der Waals surface area contributed by atoms with Crippen LogP contribution in [0.3, 0.4) is 0 Å². The summed E-state index contributed by atoms with van der Waals surface area (Å²) in [6, 6.07) is 1.16. The first-order chi connectivity index (χ1) is 8.65. The maximum Gasteiger partial charge on any atom is 0.306 e. The van der Waals surface area contributed by atoms with Gasteiger partial charge in [-0.2, -0.15) is 0 Å². The van der Waals surface area contributed by atoms with Gasteiger partial charge in [0.25, 0.3) is 0 Å². The summed E-state index contributed by atoms with van der Waals surface area (Å²) >= 11 is 0. The van der Waals surface area contributed by atoms with Crippen molar-refractivity contribution in [1.29, 1.82) is 0 Å². The number of piperidine rings is 2. The number of hydrogen-bond donors (Lipinski definition) is 1. The molecule has 3 aliphatic rings. The second-order valence-electron chi connectivity index (χ2n) is 6.35. The van der Waals surface area contributed by atoms with Crippen LogP contribution in [0.5, 0.6) is 0 Å². The Labute approximate surface area is 109 Å². The van der Waals surface area contributed by atoms with Crippen LogP contribution in [0.2, 0.25) is 0 Å². The molecule has 2 bridgehead atoms. The van der Waals surface area contributed by atoms with Crippen molar-refractivity contribution in [1.82, 2.24) is 9.80 Å². The van der Waals surface area contributed by atoms with Crippen LogP contribution >= 0.6 is 0 Å². The third-order valence-electron chi connectivity index (χ3n) is 5.30. The molecule has 3 fully saturated rings. The summed E-state index contributed by atoms with van der Waals surface area (Å²) < 4.78 is 0. The van der Waals surface area contributed by atoms with Gasteiger partial charge in [0.05, 0.1) is 5.92 Å². The monoisotopic (exact) mass is 252 g/mol. The Morgan fingerprint density at radius 2 is 1.94 bits per heavy atom. The number of carboxylic acids is 1. The van der Waals surface area contributed by atoms with Crippen molar-refractivity contribution in [2.24, 2.45) is 11.8 Å². The van der Waals surface area contributed by atoms with E-state index in [1.165, 1.54) is 32.5 Å². The molecule has 0 aromatic heterocycles. The molecule has 5 atom stereocenters. The highest BCUT2D eigenvalue weighted by Gasteiger charge is 2.41. The van der Waals surface area contributed by atoms with Gasteiger partial charge in [-0.25, -0.2) is 0 Å². The topological polar surface area (TPSA) is 43.8 Å². The van der Waals surface area contributed by atoms with E-state index in [0.717, 1.165) is 25.3 Å². The summed E-state index contributed by atoms with van der Waals surface area (Å²) in [5.74, 6) is 0.125. The molecule has 1 N–H and O–H groups in total. The first kappa shape index (κ1) is 12.4. The second-order valence-corrected chi connectivity index (χ2v) is 6.35. The number of aliphatic carboxylic acids is 1. The number of nitrogens with zero attached hydrogens (tertiary/aromatic N) is 2. The van der Waals surface area contributed by atoms with E-state index in [9.17, 15) is 4.79 Å². The number of hydrogen-bond acceptors (Lipinski definition) is 3. The van der Waals surface area contributed by atoms with Crippen LogP contribution in [-0.2, 0) is 4.79 Å². The molecule has 4 heteroatoms. The summed E-state index contributed by atoms with van der Waals surface area (Å²) in [6.45, 7) is 7.00. The molecule has 3 rings (SSSR count). The SMILES string of the molecule is CC1CC(C(=O)O)CCN1C1CCN2CCC1C2. The van der Waals surface area contributed by atoms with Gasteiger partial charge in [-0.05, 0) is 58.2 Å². The lowest BCUT2D eigenvalue weighted by molar-refractivity contribution is -0.144. The van der Waals surface area contributed by atoms with E-state index >= 15 is 0 Å². The van der Waals surface area contributed by atoms with Gasteiger partial charge < -0.3 is 10.0 Å². The Morgan fingerprint density at radius 3 is 2.67 bits per heavy atom. The molecule has 5 unspecified atom stereocenters. The van der Waals surface area contributed by atoms with Gasteiger partial charge in [-0.3, -0.25) is 9.69 Å². The predicted molar refractivity (Wildman–Crippen MR) is 69.5 cm³/mol. The van der Waals surface area contributed by atoms with Gasteiger partial charge >= 0.3 is 5.97 Å². The number of fused-ring (bicyclic) bond motifs is 2. The quantitative estimate of drug-likeness (QED) is 0.803. The molecule has 18 heavy (non-hydrogen) atoms. The highest BCUT2D eigenvalue weighted by Crippen LogP contribution is 2.35. The zero-order valence-electron chi connectivity index (χ0n) is 11.2. The van der Waals surface area contributed by atoms with E-state index in [1.807, 2.05) is 0 Å². The van der Waals surface area contributed by atoms with Crippen LogP contribution in [0.15, 0.2) is 0 Å². The van der Waals surface area contributed by atoms with Gasteiger partial charge in [-0.1, -0.05) is 0 Å². The van der Waals surface area contributed by atoms with E-state index in [1.54, 1.807) is 0 Å². The maximum atomic E-state index is 11.1. The fourth-order valence-corrected chi connectivity index (χ4v) is 4.27. The summed E-state index contributed by atoms with van der Waals surface area (Å²) in [5, 5.41) is 9.13. The van der Waals surface area contributed by atoms with Crippen molar-refractivity contribution < 1.29 is 9.90 Å². The molecule has 0 aromatic rings. The zero-order chi connectivity index (χ0) is 12.7. The maximum absolute atomic E-state index is 11.1. The van der Waals surface area contributed by atoms with Crippen LogP contribution < -0.4 is 0 Å². The molecule has 3 heterocycles. The standard InChI is InChI=1S/C14H24N2O2/c1-10-8-11(14(17)18)3-7-16(10)13-4-6-15-5-2-12(13)9-15/h10-13H,2-9H2,1H3,(H,17,18). The molecule has 0 radical (unpaired) electrons. The minimum Gasteiger partial charge on any atom is -0.481 e. The lowest BCUT2D eigenvalue weighted by Gasteiger charge is -2.45. The average molecular weight is 252 g/mol. The molecule has 0 aliphatic carbocycles.